The van der Waals surface area contributed by atoms with E-state index in [-0.39, 0.29) is 6.09 Å². The number of hydrogen-bond donors (Lipinski definition) is 0. The number of carbonyl (C=O) groups excluding carboxylic acids is 1. The van der Waals surface area contributed by atoms with Crippen LogP contribution >= 0.6 is 0 Å². The van der Waals surface area contributed by atoms with E-state index in [4.69, 9.17) is 4.74 Å². The second-order valence-corrected chi connectivity index (χ2v) is 7.15. The molecule has 0 aromatic carbocycles. The van der Waals surface area contributed by atoms with Crippen molar-refractivity contribution in [1.82, 2.24) is 14.7 Å². The molecule has 5 heteroatoms. The maximum absolute atomic E-state index is 12.2. The summed E-state index contributed by atoms with van der Waals surface area (Å²) in [6, 6.07) is 0.571. The molecule has 0 atom stereocenters. The molecule has 1 aromatic rings. The van der Waals surface area contributed by atoms with E-state index >= 15 is 0 Å². The van der Waals surface area contributed by atoms with E-state index < -0.39 is 5.60 Å². The van der Waals surface area contributed by atoms with Crippen LogP contribution in [0.25, 0.3) is 0 Å². The van der Waals surface area contributed by atoms with Gasteiger partial charge in [-0.3, -0.25) is 4.68 Å². The van der Waals surface area contributed by atoms with Gasteiger partial charge in [0.15, 0.2) is 0 Å². The highest BCUT2D eigenvalue weighted by Crippen LogP contribution is 2.32. The number of ether oxygens (including phenoxy) is 1. The zero-order valence-electron chi connectivity index (χ0n) is 13.3. The smallest absolute Gasteiger partial charge is 0.410 e. The lowest BCUT2D eigenvalue weighted by molar-refractivity contribution is 0.0222. The lowest BCUT2D eigenvalue weighted by Crippen LogP contribution is -2.40. The monoisotopic (exact) mass is 291 g/mol. The number of aromatic nitrogens is 2. The normalized spacial score (nSPS) is 19.7. The van der Waals surface area contributed by atoms with Gasteiger partial charge in [0.25, 0.3) is 0 Å². The molecule has 21 heavy (non-hydrogen) atoms. The summed E-state index contributed by atoms with van der Waals surface area (Å²) in [5, 5.41) is 4.59. The Kier molecular flexibility index (Phi) is 3.68. The van der Waals surface area contributed by atoms with Gasteiger partial charge in [-0.1, -0.05) is 12.8 Å². The van der Waals surface area contributed by atoms with Crippen LogP contribution in [0.5, 0.6) is 0 Å². The third-order valence-corrected chi connectivity index (χ3v) is 4.29. The molecule has 2 aliphatic rings. The Balaban J connectivity index is 1.70. The van der Waals surface area contributed by atoms with Gasteiger partial charge in [-0.25, -0.2) is 4.79 Å². The fraction of sp³-hybridized carbons (Fsp3) is 0.750. The highest BCUT2D eigenvalue weighted by molar-refractivity contribution is 5.68. The highest BCUT2D eigenvalue weighted by Gasteiger charge is 2.29. The number of hydrogen-bond acceptors (Lipinski definition) is 3. The van der Waals surface area contributed by atoms with Crippen LogP contribution in [0.4, 0.5) is 4.79 Å². The molecule has 116 valence electrons. The van der Waals surface area contributed by atoms with E-state index in [0.29, 0.717) is 12.6 Å². The van der Waals surface area contributed by atoms with E-state index in [1.54, 1.807) is 4.90 Å². The summed E-state index contributed by atoms with van der Waals surface area (Å²) in [5.41, 5.74) is 2.06. The van der Waals surface area contributed by atoms with Crippen molar-refractivity contribution in [2.24, 2.45) is 0 Å². The standard InChI is InChI=1S/C16H25N3O2/c1-16(2,3)21-15(20)18-9-8-14-12(11-18)10-17-19(14)13-6-4-5-7-13/h10,13H,4-9,11H2,1-3H3. The van der Waals surface area contributed by atoms with Gasteiger partial charge in [0, 0.05) is 24.2 Å². The molecule has 0 unspecified atom stereocenters. The number of rotatable bonds is 1. The zero-order valence-corrected chi connectivity index (χ0v) is 13.3. The van der Waals surface area contributed by atoms with Crippen molar-refractivity contribution in [2.75, 3.05) is 6.54 Å². The molecule has 2 heterocycles. The number of carbonyl (C=O) groups is 1. The van der Waals surface area contributed by atoms with E-state index in [9.17, 15) is 4.79 Å². The molecule has 1 aliphatic carbocycles. The second-order valence-electron chi connectivity index (χ2n) is 7.15. The van der Waals surface area contributed by atoms with E-state index in [2.05, 4.69) is 9.78 Å². The molecule has 0 bridgehead atoms. The minimum absolute atomic E-state index is 0.221. The Bertz CT molecular complexity index is 524. The van der Waals surface area contributed by atoms with Gasteiger partial charge >= 0.3 is 6.09 Å². The third-order valence-electron chi connectivity index (χ3n) is 4.29. The summed E-state index contributed by atoms with van der Waals surface area (Å²) in [6.45, 7) is 7.05. The number of fused-ring (bicyclic) bond motifs is 1. The Hall–Kier alpha value is -1.52. The van der Waals surface area contributed by atoms with Gasteiger partial charge < -0.3 is 9.64 Å². The van der Waals surface area contributed by atoms with Crippen molar-refractivity contribution in [3.05, 3.63) is 17.5 Å². The average molecular weight is 291 g/mol. The average Bonchev–Trinajstić information content (AvgIpc) is 3.04. The predicted molar refractivity (Wildman–Crippen MR) is 80.1 cm³/mol. The van der Waals surface area contributed by atoms with Gasteiger partial charge in [-0.2, -0.15) is 5.10 Å². The fourth-order valence-electron chi connectivity index (χ4n) is 3.30. The summed E-state index contributed by atoms with van der Waals surface area (Å²) in [7, 11) is 0. The van der Waals surface area contributed by atoms with E-state index in [0.717, 1.165) is 13.0 Å². The van der Waals surface area contributed by atoms with Crippen LogP contribution in [-0.4, -0.2) is 32.9 Å². The zero-order chi connectivity index (χ0) is 15.0. The lowest BCUT2D eigenvalue weighted by atomic mass is 10.1. The SMILES string of the molecule is CC(C)(C)OC(=O)N1CCc2c(cnn2C2CCCC2)C1. The van der Waals surface area contributed by atoms with Crippen molar-refractivity contribution in [3.63, 3.8) is 0 Å². The summed E-state index contributed by atoms with van der Waals surface area (Å²) in [6.07, 6.45) is 7.69. The van der Waals surface area contributed by atoms with Gasteiger partial charge in [-0.15, -0.1) is 0 Å². The van der Waals surface area contributed by atoms with Crippen LogP contribution in [0.3, 0.4) is 0 Å². The molecular formula is C16H25N3O2. The molecule has 3 rings (SSSR count). The van der Waals surface area contributed by atoms with Gasteiger partial charge in [0.2, 0.25) is 0 Å². The van der Waals surface area contributed by atoms with Crippen molar-refractivity contribution in [2.45, 2.75) is 71.1 Å². The summed E-state index contributed by atoms with van der Waals surface area (Å²) >= 11 is 0. The fourth-order valence-corrected chi connectivity index (χ4v) is 3.30. The van der Waals surface area contributed by atoms with E-state index in [1.165, 1.54) is 36.9 Å². The predicted octanol–water partition coefficient (Wildman–Crippen LogP) is 3.29. The van der Waals surface area contributed by atoms with Gasteiger partial charge in [-0.05, 0) is 33.6 Å². The first-order valence-corrected chi connectivity index (χ1v) is 7.97. The molecule has 1 aliphatic heterocycles. The molecule has 1 aromatic heterocycles. The number of amides is 1. The van der Waals surface area contributed by atoms with Gasteiger partial charge in [0.05, 0.1) is 18.8 Å². The topological polar surface area (TPSA) is 47.4 Å². The molecule has 0 radical (unpaired) electrons. The largest absolute Gasteiger partial charge is 0.444 e. The Morgan fingerprint density at radius 1 is 1.33 bits per heavy atom. The van der Waals surface area contributed by atoms with Crippen molar-refractivity contribution < 1.29 is 9.53 Å². The third kappa shape index (κ3) is 3.06. The Morgan fingerprint density at radius 3 is 2.71 bits per heavy atom. The molecule has 5 nitrogen and oxygen atoms in total. The molecule has 0 N–H and O–H groups in total. The van der Waals surface area contributed by atoms with Crippen LogP contribution in [0.1, 0.15) is 63.8 Å². The first kappa shape index (κ1) is 14.4. The van der Waals surface area contributed by atoms with Gasteiger partial charge in [0.1, 0.15) is 5.60 Å². The maximum Gasteiger partial charge on any atom is 0.410 e. The second kappa shape index (κ2) is 5.35. The summed E-state index contributed by atoms with van der Waals surface area (Å²) in [4.78, 5) is 13.9. The Morgan fingerprint density at radius 2 is 2.05 bits per heavy atom. The van der Waals surface area contributed by atoms with Crippen molar-refractivity contribution in [1.29, 1.82) is 0 Å². The van der Waals surface area contributed by atoms with Crippen LogP contribution in [0.15, 0.2) is 6.20 Å². The van der Waals surface area contributed by atoms with Crippen molar-refractivity contribution in [3.8, 4) is 0 Å². The number of nitrogens with zero attached hydrogens (tertiary/aromatic N) is 3. The molecule has 1 amide bonds. The minimum atomic E-state index is -0.439. The maximum atomic E-state index is 12.2. The molecule has 1 saturated carbocycles. The van der Waals surface area contributed by atoms with Crippen LogP contribution < -0.4 is 0 Å². The van der Waals surface area contributed by atoms with Crippen LogP contribution in [0, 0.1) is 0 Å². The minimum Gasteiger partial charge on any atom is -0.444 e. The molecule has 1 fully saturated rings. The highest BCUT2D eigenvalue weighted by atomic mass is 16.6. The quantitative estimate of drug-likeness (QED) is 0.797. The summed E-state index contributed by atoms with van der Waals surface area (Å²) < 4.78 is 7.68. The molecule has 0 saturated heterocycles. The molecule has 0 spiro atoms. The summed E-state index contributed by atoms with van der Waals surface area (Å²) in [5.74, 6) is 0. The lowest BCUT2D eigenvalue weighted by Gasteiger charge is -2.30. The van der Waals surface area contributed by atoms with Crippen LogP contribution in [0.2, 0.25) is 0 Å². The first-order valence-electron chi connectivity index (χ1n) is 7.97. The molecular weight excluding hydrogens is 266 g/mol. The first-order chi connectivity index (χ1) is 9.94. The van der Waals surface area contributed by atoms with E-state index in [1.807, 2.05) is 27.0 Å². The Labute approximate surface area is 126 Å². The van der Waals surface area contributed by atoms with Crippen LogP contribution in [-0.2, 0) is 17.7 Å². The van der Waals surface area contributed by atoms with Crippen molar-refractivity contribution >= 4 is 6.09 Å².